The largest absolute Gasteiger partial charge is 0.436 e. The predicted molar refractivity (Wildman–Crippen MR) is 223 cm³/mol. The first kappa shape index (κ1) is 31.0. The van der Waals surface area contributed by atoms with E-state index in [2.05, 4.69) is 193 Å². The number of benzene rings is 8. The summed E-state index contributed by atoms with van der Waals surface area (Å²) in [6.45, 7) is 0. The van der Waals surface area contributed by atoms with E-state index in [1.807, 2.05) is 17.4 Å². The van der Waals surface area contributed by atoms with Crippen molar-refractivity contribution in [3.8, 4) is 44.8 Å². The highest BCUT2D eigenvalue weighted by atomic mass is 32.1. The summed E-state index contributed by atoms with van der Waals surface area (Å²) in [6.07, 6.45) is 0. The van der Waals surface area contributed by atoms with E-state index in [-0.39, 0.29) is 0 Å². The number of rotatable bonds is 7. The smallest absolute Gasteiger partial charge is 0.227 e. The summed E-state index contributed by atoms with van der Waals surface area (Å²) in [6, 6.07) is 68.5. The number of anilines is 3. The van der Waals surface area contributed by atoms with Crippen LogP contribution in [0.25, 0.3) is 76.1 Å². The molecule has 0 bridgehead atoms. The van der Waals surface area contributed by atoms with Crippen molar-refractivity contribution in [2.75, 3.05) is 4.90 Å². The summed E-state index contributed by atoms with van der Waals surface area (Å²) in [7, 11) is 0. The van der Waals surface area contributed by atoms with Gasteiger partial charge in [-0.05, 0) is 88.5 Å². The fourth-order valence-corrected chi connectivity index (χ4v) is 8.55. The van der Waals surface area contributed by atoms with Gasteiger partial charge in [0, 0.05) is 48.4 Å². The molecule has 0 atom stereocenters. The number of thiophene rings is 1. The van der Waals surface area contributed by atoms with Gasteiger partial charge < -0.3 is 9.32 Å². The summed E-state index contributed by atoms with van der Waals surface area (Å²) < 4.78 is 9.05. The molecule has 0 aliphatic rings. The third kappa shape index (κ3) is 5.66. The number of fused-ring (bicyclic) bond motifs is 4. The first-order chi connectivity index (χ1) is 26.3. The van der Waals surface area contributed by atoms with Crippen molar-refractivity contribution in [3.63, 3.8) is 0 Å². The Labute approximate surface area is 311 Å². The zero-order chi connectivity index (χ0) is 35.1. The molecule has 2 aromatic heterocycles. The molecule has 3 nitrogen and oxygen atoms in total. The van der Waals surface area contributed by atoms with E-state index in [1.54, 1.807) is 0 Å². The van der Waals surface area contributed by atoms with E-state index >= 15 is 0 Å². The minimum absolute atomic E-state index is 0.619. The molecule has 250 valence electrons. The zero-order valence-corrected chi connectivity index (χ0v) is 29.5. The Balaban J connectivity index is 1.08. The highest BCUT2D eigenvalue weighted by Crippen LogP contribution is 2.46. The lowest BCUT2D eigenvalue weighted by Crippen LogP contribution is -2.09. The molecule has 0 radical (unpaired) electrons. The van der Waals surface area contributed by atoms with E-state index in [9.17, 15) is 0 Å². The molecule has 0 fully saturated rings. The van der Waals surface area contributed by atoms with Crippen LogP contribution in [0.15, 0.2) is 199 Å². The summed E-state index contributed by atoms with van der Waals surface area (Å²) in [5.41, 5.74) is 12.8. The van der Waals surface area contributed by atoms with E-state index in [0.29, 0.717) is 5.89 Å². The second-order valence-electron chi connectivity index (χ2n) is 13.2. The van der Waals surface area contributed by atoms with E-state index in [0.717, 1.165) is 50.4 Å². The van der Waals surface area contributed by atoms with Gasteiger partial charge in [-0.15, -0.1) is 11.3 Å². The van der Waals surface area contributed by atoms with Crippen LogP contribution in [0.5, 0.6) is 0 Å². The molecule has 10 aromatic rings. The molecule has 0 spiro atoms. The van der Waals surface area contributed by atoms with Crippen LogP contribution in [0.1, 0.15) is 0 Å². The van der Waals surface area contributed by atoms with E-state index in [1.165, 1.54) is 36.9 Å². The van der Waals surface area contributed by atoms with Gasteiger partial charge in [0.2, 0.25) is 5.89 Å². The van der Waals surface area contributed by atoms with Gasteiger partial charge in [0.15, 0.2) is 5.58 Å². The normalized spacial score (nSPS) is 11.4. The lowest BCUT2D eigenvalue weighted by molar-refractivity contribution is 0.620. The molecule has 0 saturated heterocycles. The molecular formula is C49H32N2OS. The number of nitrogens with zero attached hydrogens (tertiary/aromatic N) is 2. The Morgan fingerprint density at radius 1 is 0.415 bits per heavy atom. The van der Waals surface area contributed by atoms with Crippen molar-refractivity contribution < 1.29 is 4.42 Å². The van der Waals surface area contributed by atoms with Crippen molar-refractivity contribution in [2.45, 2.75) is 0 Å². The summed E-state index contributed by atoms with van der Waals surface area (Å²) >= 11 is 1.81. The van der Waals surface area contributed by atoms with Gasteiger partial charge in [-0.2, -0.15) is 0 Å². The third-order valence-electron chi connectivity index (χ3n) is 9.93. The van der Waals surface area contributed by atoms with Gasteiger partial charge in [-0.3, -0.25) is 0 Å². The van der Waals surface area contributed by atoms with Gasteiger partial charge in [0.05, 0.1) is 0 Å². The van der Waals surface area contributed by atoms with Crippen LogP contribution in [0.4, 0.5) is 17.1 Å². The van der Waals surface area contributed by atoms with Crippen LogP contribution in [-0.4, -0.2) is 4.98 Å². The maximum absolute atomic E-state index is 6.59. The summed E-state index contributed by atoms with van der Waals surface area (Å²) in [5, 5.41) is 2.41. The van der Waals surface area contributed by atoms with Crippen LogP contribution in [0.2, 0.25) is 0 Å². The van der Waals surface area contributed by atoms with Crippen LogP contribution in [0, 0.1) is 0 Å². The monoisotopic (exact) mass is 696 g/mol. The lowest BCUT2D eigenvalue weighted by atomic mass is 10.00. The molecule has 0 aliphatic heterocycles. The van der Waals surface area contributed by atoms with Gasteiger partial charge in [-0.25, -0.2) is 4.98 Å². The van der Waals surface area contributed by atoms with Crippen molar-refractivity contribution in [1.82, 2.24) is 4.98 Å². The minimum Gasteiger partial charge on any atom is -0.436 e. The maximum atomic E-state index is 6.59. The van der Waals surface area contributed by atoms with Gasteiger partial charge in [0.1, 0.15) is 5.52 Å². The molecule has 0 aliphatic carbocycles. The molecule has 8 aromatic carbocycles. The number of para-hydroxylation sites is 1. The summed E-state index contributed by atoms with van der Waals surface area (Å²) in [5.74, 6) is 0.619. The van der Waals surface area contributed by atoms with Crippen LogP contribution >= 0.6 is 11.3 Å². The Hall–Kier alpha value is -6.75. The standard InChI is InChI=1S/C49H32N2OS/c1-4-12-33(13-5-1)35-20-22-38(23-21-35)49-50-47-44(52-49)32-43-42-18-10-11-19-45(42)53-48(43)46(47)37-26-30-41(31-27-37)51(39-16-8-3-9-17-39)40-28-24-36(25-29-40)34-14-6-2-7-15-34/h1-32H. The Morgan fingerprint density at radius 2 is 0.887 bits per heavy atom. The Kier molecular flexibility index (Phi) is 7.67. The fourth-order valence-electron chi connectivity index (χ4n) is 7.30. The third-order valence-corrected chi connectivity index (χ3v) is 11.1. The average Bonchev–Trinajstić information content (AvgIpc) is 3.83. The topological polar surface area (TPSA) is 29.3 Å². The number of hydrogen-bond acceptors (Lipinski definition) is 4. The molecule has 2 heterocycles. The molecule has 53 heavy (non-hydrogen) atoms. The van der Waals surface area contributed by atoms with Crippen LogP contribution < -0.4 is 4.90 Å². The Bertz CT molecular complexity index is 2840. The van der Waals surface area contributed by atoms with E-state index < -0.39 is 0 Å². The number of hydrogen-bond donors (Lipinski definition) is 0. The van der Waals surface area contributed by atoms with Gasteiger partial charge >= 0.3 is 0 Å². The van der Waals surface area contributed by atoms with Crippen molar-refractivity contribution >= 4 is 59.7 Å². The van der Waals surface area contributed by atoms with Crippen LogP contribution in [0.3, 0.4) is 0 Å². The molecule has 0 amide bonds. The minimum atomic E-state index is 0.619. The molecule has 0 unspecified atom stereocenters. The van der Waals surface area contributed by atoms with Gasteiger partial charge in [-0.1, -0.05) is 133 Å². The molecule has 0 saturated carbocycles. The number of aromatic nitrogens is 1. The first-order valence-electron chi connectivity index (χ1n) is 17.8. The zero-order valence-electron chi connectivity index (χ0n) is 28.7. The number of oxazole rings is 1. The average molecular weight is 697 g/mol. The van der Waals surface area contributed by atoms with Crippen molar-refractivity contribution in [3.05, 3.63) is 194 Å². The fraction of sp³-hybridized carbons (Fsp3) is 0. The van der Waals surface area contributed by atoms with E-state index in [4.69, 9.17) is 9.40 Å². The highest BCUT2D eigenvalue weighted by Gasteiger charge is 2.21. The molecule has 4 heteroatoms. The highest BCUT2D eigenvalue weighted by molar-refractivity contribution is 7.26. The Morgan fingerprint density at radius 3 is 1.51 bits per heavy atom. The SMILES string of the molecule is c1ccc(-c2ccc(-c3nc4c(-c5ccc(N(c6ccccc6)c6ccc(-c7ccccc7)cc6)cc5)c5sc6ccccc6c5cc4o3)cc2)cc1. The lowest BCUT2D eigenvalue weighted by Gasteiger charge is -2.26. The quantitative estimate of drug-likeness (QED) is 0.166. The first-order valence-corrected chi connectivity index (χ1v) is 18.6. The second-order valence-corrected chi connectivity index (χ2v) is 14.2. The van der Waals surface area contributed by atoms with Crippen molar-refractivity contribution in [2.24, 2.45) is 0 Å². The summed E-state index contributed by atoms with van der Waals surface area (Å²) in [4.78, 5) is 7.50. The molecule has 0 N–H and O–H groups in total. The molecule has 10 rings (SSSR count). The second kappa shape index (κ2) is 13.1. The van der Waals surface area contributed by atoms with Crippen molar-refractivity contribution in [1.29, 1.82) is 0 Å². The molecular weight excluding hydrogens is 665 g/mol. The maximum Gasteiger partial charge on any atom is 0.227 e. The van der Waals surface area contributed by atoms with Crippen LogP contribution in [-0.2, 0) is 0 Å². The van der Waals surface area contributed by atoms with Gasteiger partial charge in [0.25, 0.3) is 0 Å². The predicted octanol–water partition coefficient (Wildman–Crippen LogP) is 14.3.